The lowest BCUT2D eigenvalue weighted by Crippen LogP contribution is -2.10. The van der Waals surface area contributed by atoms with Gasteiger partial charge in [0.25, 0.3) is 0 Å². The highest BCUT2D eigenvalue weighted by Crippen LogP contribution is 2.28. The third-order valence-corrected chi connectivity index (χ3v) is 3.55. The summed E-state index contributed by atoms with van der Waals surface area (Å²) in [4.78, 5) is 1.25. The van der Waals surface area contributed by atoms with Crippen LogP contribution < -0.4 is 0 Å². The van der Waals surface area contributed by atoms with Gasteiger partial charge in [0.2, 0.25) is 0 Å². The molecule has 0 aromatic heterocycles. The second-order valence-corrected chi connectivity index (χ2v) is 6.58. The summed E-state index contributed by atoms with van der Waals surface area (Å²) >= 11 is 1.76. The number of rotatable bonds is 3. The molecule has 2 heteroatoms. The van der Waals surface area contributed by atoms with Crippen LogP contribution in [0.3, 0.4) is 0 Å². The molecule has 1 rings (SSSR count). The van der Waals surface area contributed by atoms with Gasteiger partial charge < -0.3 is 0 Å². The van der Waals surface area contributed by atoms with E-state index in [0.717, 1.165) is 0 Å². The summed E-state index contributed by atoms with van der Waals surface area (Å²) in [6.07, 6.45) is 0.603. The highest BCUT2D eigenvalue weighted by molar-refractivity contribution is 7.99. The largest absolute Gasteiger partial charge is 0.198 e. The van der Waals surface area contributed by atoms with Gasteiger partial charge in [0.05, 0.1) is 6.07 Å². The molecule has 0 aliphatic carbocycles. The Morgan fingerprint density at radius 2 is 1.81 bits per heavy atom. The maximum Gasteiger partial charge on any atom is 0.0633 e. The Morgan fingerprint density at radius 3 is 2.25 bits per heavy atom. The van der Waals surface area contributed by atoms with Crippen LogP contribution in [-0.4, -0.2) is 5.25 Å². The lowest BCUT2D eigenvalue weighted by molar-refractivity contribution is 0.590. The van der Waals surface area contributed by atoms with Crippen LogP contribution in [0.4, 0.5) is 0 Å². The van der Waals surface area contributed by atoms with Gasteiger partial charge in [-0.2, -0.15) is 5.26 Å². The Bertz CT molecular complexity index is 367. The zero-order valence-corrected chi connectivity index (χ0v) is 11.3. The molecule has 0 fully saturated rings. The fraction of sp³-hybridized carbons (Fsp3) is 0.500. The number of nitrogens with zero attached hydrogens (tertiary/aromatic N) is 1. The molecule has 1 nitrogen and oxygen atoms in total. The Morgan fingerprint density at radius 1 is 1.25 bits per heavy atom. The molecule has 0 radical (unpaired) electrons. The molecule has 1 unspecified atom stereocenters. The summed E-state index contributed by atoms with van der Waals surface area (Å²) in [5.41, 5.74) is 1.56. The highest BCUT2D eigenvalue weighted by Gasteiger charge is 2.13. The number of benzene rings is 1. The fourth-order valence-corrected chi connectivity index (χ4v) is 2.35. The van der Waals surface area contributed by atoms with E-state index in [2.05, 4.69) is 58.0 Å². The molecular formula is C14H19NS. The average molecular weight is 233 g/mol. The van der Waals surface area contributed by atoms with Gasteiger partial charge in [0.15, 0.2) is 0 Å². The zero-order valence-electron chi connectivity index (χ0n) is 10.4. The Labute approximate surface area is 103 Å². The number of nitriles is 1. The molecule has 0 heterocycles. The maximum atomic E-state index is 8.60. The Hall–Kier alpha value is -0.940. The van der Waals surface area contributed by atoms with Crippen molar-refractivity contribution in [3.05, 3.63) is 29.8 Å². The van der Waals surface area contributed by atoms with Crippen molar-refractivity contribution in [2.24, 2.45) is 0 Å². The Kier molecular flexibility index (Phi) is 4.44. The smallest absolute Gasteiger partial charge is 0.0633 e. The van der Waals surface area contributed by atoms with Crippen LogP contribution in [0, 0.1) is 11.3 Å². The van der Waals surface area contributed by atoms with Gasteiger partial charge in [-0.25, -0.2) is 0 Å². The minimum atomic E-state index is 0.210. The highest BCUT2D eigenvalue weighted by atomic mass is 32.2. The fourth-order valence-electron chi connectivity index (χ4n) is 1.44. The number of hydrogen-bond acceptors (Lipinski definition) is 2. The van der Waals surface area contributed by atoms with Crippen LogP contribution in [0.2, 0.25) is 0 Å². The van der Waals surface area contributed by atoms with Crippen LogP contribution in [0.5, 0.6) is 0 Å². The van der Waals surface area contributed by atoms with Crippen LogP contribution in [0.1, 0.15) is 39.7 Å². The summed E-state index contributed by atoms with van der Waals surface area (Å²) in [5, 5.41) is 8.97. The van der Waals surface area contributed by atoms with Gasteiger partial charge in [0.1, 0.15) is 0 Å². The number of hydrogen-bond donors (Lipinski definition) is 0. The van der Waals surface area contributed by atoms with E-state index in [9.17, 15) is 0 Å². The molecule has 0 saturated carbocycles. The van der Waals surface area contributed by atoms with Crippen molar-refractivity contribution < 1.29 is 0 Å². The maximum absolute atomic E-state index is 8.60. The van der Waals surface area contributed by atoms with Crippen LogP contribution in [-0.2, 0) is 5.41 Å². The summed E-state index contributed by atoms with van der Waals surface area (Å²) < 4.78 is 0. The average Bonchev–Trinajstić information content (AvgIpc) is 2.17. The van der Waals surface area contributed by atoms with Crippen molar-refractivity contribution in [2.75, 3.05) is 0 Å². The second kappa shape index (κ2) is 5.41. The van der Waals surface area contributed by atoms with Gasteiger partial charge in [-0.3, -0.25) is 0 Å². The Balaban J connectivity index is 2.69. The van der Waals surface area contributed by atoms with Gasteiger partial charge in [-0.15, -0.1) is 11.8 Å². The molecule has 86 valence electrons. The molecule has 1 atom stereocenters. The van der Waals surface area contributed by atoms with E-state index in [1.54, 1.807) is 11.8 Å². The van der Waals surface area contributed by atoms with Crippen molar-refractivity contribution >= 4 is 11.8 Å². The lowest BCUT2D eigenvalue weighted by Gasteiger charge is -2.19. The van der Waals surface area contributed by atoms with Gasteiger partial charge >= 0.3 is 0 Å². The quantitative estimate of drug-likeness (QED) is 0.723. The molecule has 0 bridgehead atoms. The minimum Gasteiger partial charge on any atom is -0.198 e. The van der Waals surface area contributed by atoms with E-state index in [1.807, 2.05) is 0 Å². The van der Waals surface area contributed by atoms with E-state index in [1.165, 1.54) is 10.5 Å². The van der Waals surface area contributed by atoms with Gasteiger partial charge in [0, 0.05) is 16.6 Å². The molecule has 0 spiro atoms. The van der Waals surface area contributed by atoms with Crippen LogP contribution in [0.15, 0.2) is 29.2 Å². The molecule has 1 aromatic rings. The molecule has 0 amide bonds. The molecule has 1 aromatic carbocycles. The van der Waals surface area contributed by atoms with E-state index in [4.69, 9.17) is 5.26 Å². The first-order valence-electron chi connectivity index (χ1n) is 5.57. The van der Waals surface area contributed by atoms with Crippen molar-refractivity contribution in [1.29, 1.82) is 5.26 Å². The third-order valence-electron chi connectivity index (χ3n) is 2.44. The van der Waals surface area contributed by atoms with E-state index in [0.29, 0.717) is 11.7 Å². The summed E-state index contributed by atoms with van der Waals surface area (Å²) in [6.45, 7) is 8.74. The van der Waals surface area contributed by atoms with E-state index >= 15 is 0 Å². The normalized spacial score (nSPS) is 13.2. The molecule has 0 saturated heterocycles. The topological polar surface area (TPSA) is 23.8 Å². The lowest BCUT2D eigenvalue weighted by atomic mass is 9.87. The monoisotopic (exact) mass is 233 g/mol. The van der Waals surface area contributed by atoms with E-state index < -0.39 is 0 Å². The second-order valence-electron chi connectivity index (χ2n) is 5.07. The zero-order chi connectivity index (χ0) is 12.2. The summed E-state index contributed by atoms with van der Waals surface area (Å²) in [5.74, 6) is 0. The van der Waals surface area contributed by atoms with Crippen LogP contribution in [0.25, 0.3) is 0 Å². The summed E-state index contributed by atoms with van der Waals surface area (Å²) in [6, 6.07) is 10.9. The van der Waals surface area contributed by atoms with Crippen molar-refractivity contribution in [3.63, 3.8) is 0 Å². The first-order chi connectivity index (χ1) is 7.43. The van der Waals surface area contributed by atoms with Crippen LogP contribution >= 0.6 is 11.8 Å². The van der Waals surface area contributed by atoms with E-state index in [-0.39, 0.29) is 5.41 Å². The first-order valence-corrected chi connectivity index (χ1v) is 6.45. The van der Waals surface area contributed by atoms with Crippen molar-refractivity contribution in [2.45, 2.75) is 49.7 Å². The van der Waals surface area contributed by atoms with Crippen molar-refractivity contribution in [3.8, 4) is 6.07 Å². The summed E-state index contributed by atoms with van der Waals surface area (Å²) in [7, 11) is 0. The molecule has 16 heavy (non-hydrogen) atoms. The van der Waals surface area contributed by atoms with Gasteiger partial charge in [-0.1, -0.05) is 39.8 Å². The predicted molar refractivity (Wildman–Crippen MR) is 70.7 cm³/mol. The first kappa shape index (κ1) is 13.1. The SMILES string of the molecule is CC(CC#N)Sc1ccc(C(C)(C)C)cc1. The van der Waals surface area contributed by atoms with Gasteiger partial charge in [-0.05, 0) is 23.1 Å². The molecule has 0 aliphatic rings. The molecular weight excluding hydrogens is 214 g/mol. The predicted octanol–water partition coefficient (Wildman–Crippen LogP) is 4.38. The third kappa shape index (κ3) is 3.90. The molecule has 0 N–H and O–H groups in total. The standard InChI is InChI=1S/C14H19NS/c1-11(9-10-15)16-13-7-5-12(6-8-13)14(2,3)4/h5-8,11H,9H2,1-4H3. The minimum absolute atomic E-state index is 0.210. The number of thioether (sulfide) groups is 1. The van der Waals surface area contributed by atoms with Crippen molar-refractivity contribution in [1.82, 2.24) is 0 Å². The molecule has 0 aliphatic heterocycles.